The molecule has 6 heteroatoms. The van der Waals surface area contributed by atoms with E-state index in [0.29, 0.717) is 19.3 Å². The Morgan fingerprint density at radius 1 is 0.358 bits per heavy atom. The molecule has 53 heavy (non-hydrogen) atoms. The lowest BCUT2D eigenvalue weighted by atomic mass is 10.0. The average molecular weight is 751 g/mol. The van der Waals surface area contributed by atoms with E-state index in [0.717, 1.165) is 69.6 Å². The Morgan fingerprint density at radius 3 is 0.925 bits per heavy atom. The average Bonchev–Trinajstić information content (AvgIpc) is 3.12. The fourth-order valence-corrected chi connectivity index (χ4v) is 6.93. The molecule has 0 heterocycles. The van der Waals surface area contributed by atoms with Crippen molar-refractivity contribution in [3.05, 3.63) is 0 Å². The quantitative estimate of drug-likeness (QED) is 0.0352. The summed E-state index contributed by atoms with van der Waals surface area (Å²) in [6.07, 6.45) is 38.2. The van der Waals surface area contributed by atoms with Crippen LogP contribution < -0.4 is 0 Å². The lowest BCUT2D eigenvalue weighted by molar-refractivity contribution is -0.167. The summed E-state index contributed by atoms with van der Waals surface area (Å²) < 4.78 is 16.7. The van der Waals surface area contributed by atoms with Crippen molar-refractivity contribution in [2.45, 2.75) is 259 Å². The molecule has 0 N–H and O–H groups in total. The van der Waals surface area contributed by atoms with Gasteiger partial charge in [0.25, 0.3) is 0 Å². The summed E-state index contributed by atoms with van der Waals surface area (Å²) in [5.41, 5.74) is 0. The highest BCUT2D eigenvalue weighted by molar-refractivity contribution is 5.71. The zero-order chi connectivity index (χ0) is 39.0. The minimum atomic E-state index is -0.760. The van der Waals surface area contributed by atoms with Crippen molar-refractivity contribution in [3.8, 4) is 0 Å². The smallest absolute Gasteiger partial charge is 0.306 e. The second-order valence-corrected chi connectivity index (χ2v) is 17.0. The van der Waals surface area contributed by atoms with Gasteiger partial charge in [0.15, 0.2) is 6.10 Å². The molecule has 314 valence electrons. The first-order valence-electron chi connectivity index (χ1n) is 23.2. The second kappa shape index (κ2) is 40.1. The first kappa shape index (κ1) is 51.4. The number of carbonyl (C=O) groups excluding carboxylic acids is 3. The van der Waals surface area contributed by atoms with Gasteiger partial charge in [0, 0.05) is 19.3 Å². The molecule has 0 aromatic carbocycles. The molecule has 0 amide bonds. The van der Waals surface area contributed by atoms with Crippen LogP contribution in [0.1, 0.15) is 253 Å². The Labute approximate surface area is 329 Å². The third kappa shape index (κ3) is 41.4. The maximum atomic E-state index is 12.6. The van der Waals surface area contributed by atoms with Gasteiger partial charge < -0.3 is 14.2 Å². The molecule has 0 saturated heterocycles. The van der Waals surface area contributed by atoms with Crippen LogP contribution in [0.4, 0.5) is 0 Å². The van der Waals surface area contributed by atoms with E-state index < -0.39 is 6.10 Å². The zero-order valence-electron chi connectivity index (χ0n) is 36.1. The Kier molecular flexibility index (Phi) is 38.9. The molecule has 0 spiro atoms. The van der Waals surface area contributed by atoms with E-state index in [1.54, 1.807) is 0 Å². The molecule has 0 unspecified atom stereocenters. The predicted molar refractivity (Wildman–Crippen MR) is 224 cm³/mol. The molecule has 0 aliphatic carbocycles. The molecule has 6 nitrogen and oxygen atoms in total. The zero-order valence-corrected chi connectivity index (χ0v) is 36.1. The van der Waals surface area contributed by atoms with E-state index in [4.69, 9.17) is 14.2 Å². The van der Waals surface area contributed by atoms with E-state index in [-0.39, 0.29) is 31.1 Å². The molecule has 0 aromatic heterocycles. The summed E-state index contributed by atoms with van der Waals surface area (Å²) in [6, 6.07) is 0. The van der Waals surface area contributed by atoms with Crippen LogP contribution >= 0.6 is 0 Å². The van der Waals surface area contributed by atoms with Crippen LogP contribution in [0.25, 0.3) is 0 Å². The molecule has 0 fully saturated rings. The minimum absolute atomic E-state index is 0.0654. The normalized spacial score (nSPS) is 12.1. The highest BCUT2D eigenvalue weighted by atomic mass is 16.6. The number of hydrogen-bond acceptors (Lipinski definition) is 6. The summed E-state index contributed by atoms with van der Waals surface area (Å²) in [7, 11) is 0. The van der Waals surface area contributed by atoms with Gasteiger partial charge in [-0.25, -0.2) is 0 Å². The highest BCUT2D eigenvalue weighted by Crippen LogP contribution is 2.16. The Balaban J connectivity index is 4.23. The first-order chi connectivity index (χ1) is 25.7. The van der Waals surface area contributed by atoms with Crippen LogP contribution in [0.2, 0.25) is 0 Å². The summed E-state index contributed by atoms with van der Waals surface area (Å²) >= 11 is 0. The van der Waals surface area contributed by atoms with E-state index in [9.17, 15) is 14.4 Å². The fourth-order valence-electron chi connectivity index (χ4n) is 6.93. The summed E-state index contributed by atoms with van der Waals surface area (Å²) in [5.74, 6) is 0.745. The minimum Gasteiger partial charge on any atom is -0.462 e. The van der Waals surface area contributed by atoms with Gasteiger partial charge in [-0.15, -0.1) is 0 Å². The topological polar surface area (TPSA) is 78.9 Å². The molecule has 0 aliphatic heterocycles. The lowest BCUT2D eigenvalue weighted by Gasteiger charge is -2.18. The number of rotatable bonds is 41. The Morgan fingerprint density at radius 2 is 0.623 bits per heavy atom. The molecular weight excluding hydrogens is 661 g/mol. The van der Waals surface area contributed by atoms with Gasteiger partial charge in [0.2, 0.25) is 0 Å². The molecule has 0 aliphatic rings. The number of carbonyl (C=O) groups is 3. The van der Waals surface area contributed by atoms with E-state index in [1.807, 2.05) is 0 Å². The van der Waals surface area contributed by atoms with Crippen LogP contribution in [0.3, 0.4) is 0 Å². The molecule has 0 bridgehead atoms. The standard InChI is InChI=1S/C47H90O6/c1-6-7-8-9-10-17-22-29-34-39-47(50)53-44(41-52-46(49)38-33-28-24-23-26-31-36-43(4)5)40-51-45(48)37-32-27-21-19-16-14-12-11-13-15-18-20-25-30-35-42(2)3/h42-44H,6-41H2,1-5H3/t44-/m1/s1. The van der Waals surface area contributed by atoms with Crippen LogP contribution in [0, 0.1) is 11.8 Å². The Bertz CT molecular complexity index is 809. The maximum absolute atomic E-state index is 12.6. The molecule has 0 rings (SSSR count). The van der Waals surface area contributed by atoms with Crippen molar-refractivity contribution < 1.29 is 28.6 Å². The van der Waals surface area contributed by atoms with E-state index in [2.05, 4.69) is 34.6 Å². The number of ether oxygens (including phenoxy) is 3. The molecule has 0 aromatic rings. The third-order valence-corrected chi connectivity index (χ3v) is 10.5. The molecule has 0 saturated carbocycles. The number of hydrogen-bond donors (Lipinski definition) is 0. The second-order valence-electron chi connectivity index (χ2n) is 17.0. The van der Waals surface area contributed by atoms with Crippen molar-refractivity contribution in [2.24, 2.45) is 11.8 Å². The maximum Gasteiger partial charge on any atom is 0.306 e. The molecular formula is C47H90O6. The van der Waals surface area contributed by atoms with Gasteiger partial charge in [0.05, 0.1) is 0 Å². The Hall–Kier alpha value is -1.59. The van der Waals surface area contributed by atoms with E-state index >= 15 is 0 Å². The summed E-state index contributed by atoms with van der Waals surface area (Å²) in [4.78, 5) is 37.6. The summed E-state index contributed by atoms with van der Waals surface area (Å²) in [5, 5.41) is 0. The van der Waals surface area contributed by atoms with Gasteiger partial charge in [-0.1, -0.05) is 214 Å². The largest absolute Gasteiger partial charge is 0.462 e. The van der Waals surface area contributed by atoms with Crippen molar-refractivity contribution >= 4 is 17.9 Å². The lowest BCUT2D eigenvalue weighted by Crippen LogP contribution is -2.30. The molecule has 1 atom stereocenters. The number of esters is 3. The molecule has 0 radical (unpaired) electrons. The van der Waals surface area contributed by atoms with Gasteiger partial charge >= 0.3 is 17.9 Å². The number of unbranched alkanes of at least 4 members (excludes halogenated alkanes) is 26. The highest BCUT2D eigenvalue weighted by Gasteiger charge is 2.19. The first-order valence-corrected chi connectivity index (χ1v) is 23.2. The van der Waals surface area contributed by atoms with Crippen LogP contribution in [0.5, 0.6) is 0 Å². The van der Waals surface area contributed by atoms with Crippen molar-refractivity contribution in [3.63, 3.8) is 0 Å². The third-order valence-electron chi connectivity index (χ3n) is 10.5. The van der Waals surface area contributed by atoms with Gasteiger partial charge in [-0.2, -0.15) is 0 Å². The van der Waals surface area contributed by atoms with Crippen LogP contribution in [-0.2, 0) is 28.6 Å². The predicted octanol–water partition coefficient (Wildman–Crippen LogP) is 14.6. The van der Waals surface area contributed by atoms with Gasteiger partial charge in [-0.05, 0) is 31.1 Å². The monoisotopic (exact) mass is 751 g/mol. The van der Waals surface area contributed by atoms with Crippen molar-refractivity contribution in [1.82, 2.24) is 0 Å². The van der Waals surface area contributed by atoms with E-state index in [1.165, 1.54) is 141 Å². The van der Waals surface area contributed by atoms with Gasteiger partial charge in [-0.3, -0.25) is 14.4 Å². The SMILES string of the molecule is CCCCCCCCCCCC(=O)O[C@H](COC(=O)CCCCCCCCCCCCCCCCC(C)C)COC(=O)CCCCCCCCC(C)C. The van der Waals surface area contributed by atoms with Crippen molar-refractivity contribution in [2.75, 3.05) is 13.2 Å². The van der Waals surface area contributed by atoms with Crippen LogP contribution in [0.15, 0.2) is 0 Å². The van der Waals surface area contributed by atoms with Gasteiger partial charge in [0.1, 0.15) is 13.2 Å². The van der Waals surface area contributed by atoms with Crippen molar-refractivity contribution in [1.29, 1.82) is 0 Å². The summed E-state index contributed by atoms with van der Waals surface area (Å²) in [6.45, 7) is 11.3. The fraction of sp³-hybridized carbons (Fsp3) is 0.936. The van der Waals surface area contributed by atoms with Crippen LogP contribution in [-0.4, -0.2) is 37.2 Å².